The van der Waals surface area contributed by atoms with Crippen LogP contribution in [0, 0.1) is 5.41 Å². The summed E-state index contributed by atoms with van der Waals surface area (Å²) in [4.78, 5) is 0. The van der Waals surface area contributed by atoms with Crippen molar-refractivity contribution in [3.8, 4) is 0 Å². The molecule has 0 amide bonds. The van der Waals surface area contributed by atoms with Crippen molar-refractivity contribution >= 4 is 0 Å². The van der Waals surface area contributed by atoms with Gasteiger partial charge in [0, 0.05) is 5.57 Å². The van der Waals surface area contributed by atoms with Gasteiger partial charge >= 0.3 is 11.8 Å². The van der Waals surface area contributed by atoms with Gasteiger partial charge in [-0.2, -0.15) is 17.6 Å². The van der Waals surface area contributed by atoms with Crippen molar-refractivity contribution in [3.63, 3.8) is 0 Å². The highest BCUT2D eigenvalue weighted by Crippen LogP contribution is 2.65. The first kappa shape index (κ1) is 8.56. The number of hydrogen-bond acceptors (Lipinski definition) is 0. The summed E-state index contributed by atoms with van der Waals surface area (Å²) in [6, 6.07) is 0. The molecule has 11 heavy (non-hydrogen) atoms. The normalized spacial score (nSPS) is 31.3. The zero-order chi connectivity index (χ0) is 9.08. The van der Waals surface area contributed by atoms with Crippen LogP contribution in [0.4, 0.5) is 17.6 Å². The third-order valence-corrected chi connectivity index (χ3v) is 2.31. The molecule has 0 aromatic rings. The quantitative estimate of drug-likeness (QED) is 0.385. The molecule has 0 atom stereocenters. The lowest BCUT2D eigenvalue weighted by Crippen LogP contribution is -2.66. The van der Waals surface area contributed by atoms with Gasteiger partial charge in [0.05, 0.1) is 5.41 Å². The lowest BCUT2D eigenvalue weighted by atomic mass is 9.61. The summed E-state index contributed by atoms with van der Waals surface area (Å²) in [5.74, 6) is -7.96. The van der Waals surface area contributed by atoms with E-state index in [-0.39, 0.29) is 0 Å². The van der Waals surface area contributed by atoms with Crippen LogP contribution < -0.4 is 0 Å². The second-order valence-electron chi connectivity index (χ2n) is 3.25. The van der Waals surface area contributed by atoms with Crippen molar-refractivity contribution in [3.05, 3.63) is 12.2 Å². The Hall–Kier alpha value is -0.540. The predicted molar refractivity (Wildman–Crippen MR) is 32.8 cm³/mol. The first-order valence-electron chi connectivity index (χ1n) is 3.11. The van der Waals surface area contributed by atoms with Crippen LogP contribution in [0.1, 0.15) is 13.8 Å². The monoisotopic (exact) mass is 168 g/mol. The van der Waals surface area contributed by atoms with Crippen LogP contribution in [-0.4, -0.2) is 11.8 Å². The Morgan fingerprint density at radius 1 is 1.09 bits per heavy atom. The molecule has 0 radical (unpaired) electrons. The van der Waals surface area contributed by atoms with Crippen molar-refractivity contribution in [1.82, 2.24) is 0 Å². The number of hydrogen-bond donors (Lipinski definition) is 0. The van der Waals surface area contributed by atoms with Crippen LogP contribution in [0.2, 0.25) is 0 Å². The van der Waals surface area contributed by atoms with Crippen molar-refractivity contribution in [1.29, 1.82) is 0 Å². The summed E-state index contributed by atoms with van der Waals surface area (Å²) >= 11 is 0. The molecule has 0 heterocycles. The molecule has 1 rings (SSSR count). The summed E-state index contributed by atoms with van der Waals surface area (Å²) in [5.41, 5.74) is -2.45. The van der Waals surface area contributed by atoms with E-state index >= 15 is 0 Å². The minimum atomic E-state index is -4.02. The van der Waals surface area contributed by atoms with Gasteiger partial charge in [-0.3, -0.25) is 0 Å². The van der Waals surface area contributed by atoms with Gasteiger partial charge in [-0.05, 0) is 13.8 Å². The molecule has 1 aliphatic rings. The second-order valence-corrected chi connectivity index (χ2v) is 3.25. The summed E-state index contributed by atoms with van der Waals surface area (Å²) in [6.45, 7) is 5.06. The van der Waals surface area contributed by atoms with Crippen LogP contribution in [0.25, 0.3) is 0 Å². The Balaban J connectivity index is 3.08. The predicted octanol–water partition coefficient (Wildman–Crippen LogP) is 2.85. The molecule has 0 spiro atoms. The van der Waals surface area contributed by atoms with Gasteiger partial charge in [-0.25, -0.2) is 0 Å². The maximum absolute atomic E-state index is 12.5. The van der Waals surface area contributed by atoms with E-state index in [0.29, 0.717) is 0 Å². The van der Waals surface area contributed by atoms with Gasteiger partial charge in [-0.1, -0.05) is 6.58 Å². The number of halogens is 4. The first-order chi connectivity index (χ1) is 4.65. The zero-order valence-electron chi connectivity index (χ0n) is 6.22. The third kappa shape index (κ3) is 0.607. The Labute approximate surface area is 61.9 Å². The summed E-state index contributed by atoms with van der Waals surface area (Å²) in [7, 11) is 0. The number of alkyl halides is 4. The lowest BCUT2D eigenvalue weighted by Gasteiger charge is -2.52. The van der Waals surface area contributed by atoms with Crippen LogP contribution in [0.5, 0.6) is 0 Å². The molecule has 4 heteroatoms. The molecule has 0 bridgehead atoms. The molecular formula is C7H8F4. The molecule has 1 fully saturated rings. The van der Waals surface area contributed by atoms with Crippen LogP contribution in [-0.2, 0) is 0 Å². The molecule has 0 aromatic heterocycles. The SMILES string of the molecule is C=C1C(C)(C)C(F)(F)C1(F)F. The number of rotatable bonds is 0. The van der Waals surface area contributed by atoms with E-state index in [1.54, 1.807) is 0 Å². The van der Waals surface area contributed by atoms with Gasteiger partial charge in [0.15, 0.2) is 0 Å². The largest absolute Gasteiger partial charge is 0.332 e. The molecule has 1 saturated carbocycles. The minimum absolute atomic E-state index is 0.685. The van der Waals surface area contributed by atoms with Crippen LogP contribution in [0.15, 0.2) is 12.2 Å². The summed E-state index contributed by atoms with van der Waals surface area (Å²) in [5, 5.41) is 0. The van der Waals surface area contributed by atoms with Crippen molar-refractivity contribution in [2.45, 2.75) is 25.7 Å². The van der Waals surface area contributed by atoms with Crippen molar-refractivity contribution < 1.29 is 17.6 Å². The highest BCUT2D eigenvalue weighted by molar-refractivity contribution is 5.37. The van der Waals surface area contributed by atoms with Crippen molar-refractivity contribution in [2.24, 2.45) is 5.41 Å². The number of allylic oxidation sites excluding steroid dienone is 1. The summed E-state index contributed by atoms with van der Waals surface area (Å²) < 4.78 is 49.8. The van der Waals surface area contributed by atoms with Gasteiger partial charge in [0.2, 0.25) is 0 Å². The summed E-state index contributed by atoms with van der Waals surface area (Å²) in [6.07, 6.45) is 0. The fourth-order valence-corrected chi connectivity index (χ4v) is 1.10. The highest BCUT2D eigenvalue weighted by atomic mass is 19.3. The van der Waals surface area contributed by atoms with Crippen LogP contribution >= 0.6 is 0 Å². The average molecular weight is 168 g/mol. The molecule has 0 unspecified atom stereocenters. The molecule has 0 saturated heterocycles. The standard InChI is InChI=1S/C7H8F4/c1-4-5(2,3)7(10,11)6(4,8)9/h1H2,2-3H3. The minimum Gasteiger partial charge on any atom is -0.198 e. The first-order valence-corrected chi connectivity index (χ1v) is 3.11. The third-order valence-electron chi connectivity index (χ3n) is 2.31. The average Bonchev–Trinajstić information content (AvgIpc) is 1.84. The Bertz CT molecular complexity index is 194. The maximum atomic E-state index is 12.5. The van der Waals surface area contributed by atoms with Crippen LogP contribution in [0.3, 0.4) is 0 Å². The van der Waals surface area contributed by atoms with E-state index in [0.717, 1.165) is 13.8 Å². The van der Waals surface area contributed by atoms with E-state index in [2.05, 4.69) is 6.58 Å². The lowest BCUT2D eigenvalue weighted by molar-refractivity contribution is -0.297. The smallest absolute Gasteiger partial charge is 0.198 e. The van der Waals surface area contributed by atoms with Crippen molar-refractivity contribution in [2.75, 3.05) is 0 Å². The van der Waals surface area contributed by atoms with E-state index in [9.17, 15) is 17.6 Å². The fraction of sp³-hybridized carbons (Fsp3) is 0.714. The van der Waals surface area contributed by atoms with Gasteiger partial charge in [0.25, 0.3) is 0 Å². The molecule has 1 aliphatic carbocycles. The van der Waals surface area contributed by atoms with E-state index < -0.39 is 22.8 Å². The Morgan fingerprint density at radius 3 is 1.55 bits per heavy atom. The van der Waals surface area contributed by atoms with E-state index in [4.69, 9.17) is 0 Å². The zero-order valence-corrected chi connectivity index (χ0v) is 6.22. The Kier molecular flexibility index (Phi) is 1.26. The molecule has 0 aromatic carbocycles. The maximum Gasteiger partial charge on any atom is 0.332 e. The molecular weight excluding hydrogens is 160 g/mol. The second kappa shape index (κ2) is 1.62. The molecule has 0 nitrogen and oxygen atoms in total. The topological polar surface area (TPSA) is 0 Å². The van der Waals surface area contributed by atoms with Gasteiger partial charge in [-0.15, -0.1) is 0 Å². The molecule has 64 valence electrons. The van der Waals surface area contributed by atoms with Gasteiger partial charge < -0.3 is 0 Å². The fourth-order valence-electron chi connectivity index (χ4n) is 1.10. The van der Waals surface area contributed by atoms with E-state index in [1.807, 2.05) is 0 Å². The van der Waals surface area contributed by atoms with Gasteiger partial charge in [0.1, 0.15) is 0 Å². The Morgan fingerprint density at radius 2 is 1.45 bits per heavy atom. The van der Waals surface area contributed by atoms with E-state index in [1.165, 1.54) is 0 Å². The highest BCUT2D eigenvalue weighted by Gasteiger charge is 2.79. The molecule has 0 aliphatic heterocycles. The molecule has 0 N–H and O–H groups in total.